The second-order valence-corrected chi connectivity index (χ2v) is 5.60. The van der Waals surface area contributed by atoms with Gasteiger partial charge in [0.2, 0.25) is 0 Å². The van der Waals surface area contributed by atoms with Gasteiger partial charge in [-0.05, 0) is 42.8 Å². The van der Waals surface area contributed by atoms with Gasteiger partial charge in [0, 0.05) is 12.7 Å². The average molecular weight is 313 g/mol. The zero-order valence-electron chi connectivity index (χ0n) is 13.2. The van der Waals surface area contributed by atoms with Crippen molar-refractivity contribution in [3.8, 4) is 0 Å². The van der Waals surface area contributed by atoms with Gasteiger partial charge in [-0.15, -0.1) is 10.2 Å². The Kier molecular flexibility index (Phi) is 4.92. The molecule has 0 amide bonds. The Morgan fingerprint density at radius 1 is 1.09 bits per heavy atom. The second kappa shape index (κ2) is 7.28. The van der Waals surface area contributed by atoms with Crippen LogP contribution in [0.3, 0.4) is 0 Å². The van der Waals surface area contributed by atoms with Crippen molar-refractivity contribution in [2.45, 2.75) is 32.9 Å². The molecule has 0 unspecified atom stereocenters. The Labute approximate surface area is 134 Å². The van der Waals surface area contributed by atoms with Crippen molar-refractivity contribution >= 4 is 5.65 Å². The summed E-state index contributed by atoms with van der Waals surface area (Å²) in [6.45, 7) is 4.54. The predicted molar refractivity (Wildman–Crippen MR) is 86.2 cm³/mol. The molecule has 6 heteroatoms. The largest absolute Gasteiger partial charge is 0.292 e. The van der Waals surface area contributed by atoms with Crippen molar-refractivity contribution in [3.63, 3.8) is 0 Å². The topological polar surface area (TPSA) is 46.3 Å². The van der Waals surface area contributed by atoms with Crippen LogP contribution in [0.2, 0.25) is 0 Å². The van der Waals surface area contributed by atoms with Gasteiger partial charge in [0.15, 0.2) is 11.5 Å². The molecule has 0 aliphatic rings. The van der Waals surface area contributed by atoms with Crippen molar-refractivity contribution in [2.75, 3.05) is 6.54 Å². The van der Waals surface area contributed by atoms with E-state index in [4.69, 9.17) is 0 Å². The normalized spacial score (nSPS) is 11.4. The Morgan fingerprint density at radius 2 is 1.91 bits per heavy atom. The van der Waals surface area contributed by atoms with E-state index in [0.29, 0.717) is 6.54 Å². The minimum atomic E-state index is -0.207. The number of aromatic nitrogens is 4. The fourth-order valence-corrected chi connectivity index (χ4v) is 2.53. The van der Waals surface area contributed by atoms with E-state index in [2.05, 4.69) is 27.1 Å². The molecule has 5 nitrogen and oxygen atoms in total. The van der Waals surface area contributed by atoms with Gasteiger partial charge in [-0.25, -0.2) is 4.39 Å². The molecule has 0 fully saturated rings. The van der Waals surface area contributed by atoms with Gasteiger partial charge < -0.3 is 0 Å². The van der Waals surface area contributed by atoms with Crippen LogP contribution in [0, 0.1) is 5.82 Å². The maximum atomic E-state index is 13.1. The van der Waals surface area contributed by atoms with Gasteiger partial charge in [-0.2, -0.15) is 9.61 Å². The summed E-state index contributed by atoms with van der Waals surface area (Å²) in [6.07, 6.45) is 3.96. The zero-order valence-corrected chi connectivity index (χ0v) is 13.2. The van der Waals surface area contributed by atoms with Crippen LogP contribution in [0.1, 0.15) is 31.2 Å². The van der Waals surface area contributed by atoms with Crippen molar-refractivity contribution < 1.29 is 4.39 Å². The highest BCUT2D eigenvalue weighted by molar-refractivity contribution is 5.34. The fraction of sp³-hybridized carbons (Fsp3) is 0.353. The number of hydrogen-bond donors (Lipinski definition) is 0. The number of benzene rings is 1. The molecule has 0 saturated heterocycles. The van der Waals surface area contributed by atoms with E-state index >= 15 is 0 Å². The van der Waals surface area contributed by atoms with Crippen LogP contribution in [0.25, 0.3) is 5.65 Å². The van der Waals surface area contributed by atoms with E-state index in [9.17, 15) is 4.39 Å². The van der Waals surface area contributed by atoms with Gasteiger partial charge >= 0.3 is 0 Å². The quantitative estimate of drug-likeness (QED) is 0.672. The van der Waals surface area contributed by atoms with Crippen molar-refractivity contribution in [1.82, 2.24) is 24.7 Å². The summed E-state index contributed by atoms with van der Waals surface area (Å²) in [5.41, 5.74) is 1.84. The molecule has 2 aromatic heterocycles. The summed E-state index contributed by atoms with van der Waals surface area (Å²) in [4.78, 5) is 2.29. The molecule has 0 aliphatic carbocycles. The molecule has 3 rings (SSSR count). The van der Waals surface area contributed by atoms with E-state index in [1.165, 1.54) is 12.1 Å². The molecule has 0 atom stereocenters. The first kappa shape index (κ1) is 15.6. The van der Waals surface area contributed by atoms with Crippen LogP contribution in [0.4, 0.5) is 4.39 Å². The smallest absolute Gasteiger partial charge is 0.177 e. The average Bonchev–Trinajstić information content (AvgIpc) is 2.98. The lowest BCUT2D eigenvalue weighted by Gasteiger charge is -2.21. The van der Waals surface area contributed by atoms with Gasteiger partial charge in [0.1, 0.15) is 5.82 Å². The summed E-state index contributed by atoms with van der Waals surface area (Å²) in [6, 6.07) is 10.4. The van der Waals surface area contributed by atoms with Crippen LogP contribution in [-0.2, 0) is 13.1 Å². The highest BCUT2D eigenvalue weighted by atomic mass is 19.1. The molecule has 0 saturated carbocycles. The molecule has 3 aromatic rings. The number of nitrogens with zero attached hydrogens (tertiary/aromatic N) is 5. The Morgan fingerprint density at radius 3 is 2.70 bits per heavy atom. The third-order valence-electron chi connectivity index (χ3n) is 3.76. The third kappa shape index (κ3) is 3.90. The molecule has 23 heavy (non-hydrogen) atoms. The van der Waals surface area contributed by atoms with E-state index < -0.39 is 0 Å². The van der Waals surface area contributed by atoms with Crippen molar-refractivity contribution in [2.24, 2.45) is 0 Å². The minimum absolute atomic E-state index is 0.207. The monoisotopic (exact) mass is 313 g/mol. The van der Waals surface area contributed by atoms with Crippen LogP contribution < -0.4 is 0 Å². The highest BCUT2D eigenvalue weighted by Crippen LogP contribution is 2.11. The zero-order chi connectivity index (χ0) is 16.1. The molecular weight excluding hydrogens is 293 g/mol. The summed E-state index contributed by atoms with van der Waals surface area (Å²) in [5.74, 6) is 0.611. The summed E-state index contributed by atoms with van der Waals surface area (Å²) < 4.78 is 14.8. The number of halogens is 1. The predicted octanol–water partition coefficient (Wildman–Crippen LogP) is 3.07. The van der Waals surface area contributed by atoms with Crippen LogP contribution in [0.5, 0.6) is 0 Å². The summed E-state index contributed by atoms with van der Waals surface area (Å²) in [7, 11) is 0. The van der Waals surface area contributed by atoms with E-state index in [1.807, 2.05) is 24.3 Å². The molecule has 1 aromatic carbocycles. The SMILES string of the molecule is CCCCN(Cc1ccc(F)cc1)Cc1nnc2cccnn12. The number of rotatable bonds is 7. The van der Waals surface area contributed by atoms with Gasteiger partial charge in [-0.3, -0.25) is 4.90 Å². The molecule has 0 N–H and O–H groups in total. The maximum Gasteiger partial charge on any atom is 0.177 e. The van der Waals surface area contributed by atoms with Gasteiger partial charge in [0.25, 0.3) is 0 Å². The fourth-order valence-electron chi connectivity index (χ4n) is 2.53. The van der Waals surface area contributed by atoms with Crippen molar-refractivity contribution in [1.29, 1.82) is 0 Å². The lowest BCUT2D eigenvalue weighted by atomic mass is 10.2. The summed E-state index contributed by atoms with van der Waals surface area (Å²) >= 11 is 0. The Balaban J connectivity index is 1.77. The van der Waals surface area contributed by atoms with Gasteiger partial charge in [0.05, 0.1) is 6.54 Å². The Bertz CT molecular complexity index is 753. The minimum Gasteiger partial charge on any atom is -0.292 e. The molecule has 0 aliphatic heterocycles. The highest BCUT2D eigenvalue weighted by Gasteiger charge is 2.12. The van der Waals surface area contributed by atoms with Crippen LogP contribution in [-0.4, -0.2) is 31.3 Å². The Hall–Kier alpha value is -2.34. The van der Waals surface area contributed by atoms with Crippen LogP contribution in [0.15, 0.2) is 42.6 Å². The number of hydrogen-bond acceptors (Lipinski definition) is 4. The molecular formula is C17H20FN5. The molecule has 0 bridgehead atoms. The van der Waals surface area contributed by atoms with Crippen molar-refractivity contribution in [3.05, 3.63) is 59.8 Å². The maximum absolute atomic E-state index is 13.1. The second-order valence-electron chi connectivity index (χ2n) is 5.60. The lowest BCUT2D eigenvalue weighted by molar-refractivity contribution is 0.244. The molecule has 120 valence electrons. The van der Waals surface area contributed by atoms with E-state index in [0.717, 1.165) is 43.0 Å². The van der Waals surface area contributed by atoms with E-state index in [-0.39, 0.29) is 5.82 Å². The third-order valence-corrected chi connectivity index (χ3v) is 3.76. The first-order valence-electron chi connectivity index (χ1n) is 7.88. The van der Waals surface area contributed by atoms with Gasteiger partial charge in [-0.1, -0.05) is 25.5 Å². The van der Waals surface area contributed by atoms with Crippen LogP contribution >= 0.6 is 0 Å². The number of fused-ring (bicyclic) bond motifs is 1. The molecule has 2 heterocycles. The first-order valence-corrected chi connectivity index (χ1v) is 7.88. The van der Waals surface area contributed by atoms with E-state index in [1.54, 1.807) is 10.7 Å². The summed E-state index contributed by atoms with van der Waals surface area (Å²) in [5, 5.41) is 12.7. The molecule has 0 spiro atoms. The standard InChI is InChI=1S/C17H20FN5/c1-2-3-11-22(12-14-6-8-15(18)9-7-14)13-17-21-20-16-5-4-10-19-23(16)17/h4-10H,2-3,11-13H2,1H3. The first-order chi connectivity index (χ1) is 11.3. The number of unbranched alkanes of at least 4 members (excludes halogenated alkanes) is 1. The lowest BCUT2D eigenvalue weighted by Crippen LogP contribution is -2.25. The molecule has 0 radical (unpaired) electrons.